The highest BCUT2D eigenvalue weighted by Crippen LogP contribution is 2.21. The average Bonchev–Trinajstić information content (AvgIpc) is 3.31. The molecule has 8 heteroatoms. The van der Waals surface area contributed by atoms with E-state index in [1.807, 2.05) is 29.9 Å². The van der Waals surface area contributed by atoms with E-state index in [-0.39, 0.29) is 12.6 Å². The monoisotopic (exact) mass is 373 g/mol. The van der Waals surface area contributed by atoms with Crippen molar-refractivity contribution in [3.8, 4) is 5.75 Å². The van der Waals surface area contributed by atoms with E-state index in [4.69, 9.17) is 16.3 Å². The molecule has 0 radical (unpaired) electrons. The van der Waals surface area contributed by atoms with Crippen molar-refractivity contribution in [1.82, 2.24) is 24.9 Å². The Bertz CT molecular complexity index is 860. The normalized spacial score (nSPS) is 10.7. The molecule has 0 aliphatic rings. The Morgan fingerprint density at radius 3 is 2.92 bits per heavy atom. The van der Waals surface area contributed by atoms with Gasteiger partial charge >= 0.3 is 0 Å². The lowest BCUT2D eigenvalue weighted by Gasteiger charge is -2.07. The molecule has 3 rings (SSSR count). The zero-order chi connectivity index (χ0) is 18.4. The highest BCUT2D eigenvalue weighted by Gasteiger charge is 2.09. The van der Waals surface area contributed by atoms with Crippen LogP contribution in [0.5, 0.6) is 5.75 Å². The number of carbonyl (C=O) groups excluding carboxylic acids is 1. The molecular weight excluding hydrogens is 354 g/mol. The molecular formula is C18H20ClN5O2. The van der Waals surface area contributed by atoms with Crippen LogP contribution < -0.4 is 10.1 Å². The van der Waals surface area contributed by atoms with Gasteiger partial charge in [0, 0.05) is 36.7 Å². The summed E-state index contributed by atoms with van der Waals surface area (Å²) in [7, 11) is 0. The summed E-state index contributed by atoms with van der Waals surface area (Å²) in [4.78, 5) is 12.1. The molecule has 0 fully saturated rings. The van der Waals surface area contributed by atoms with Gasteiger partial charge in [-0.05, 0) is 49.2 Å². The molecule has 0 unspecified atom stereocenters. The maximum Gasteiger partial charge on any atom is 0.271 e. The van der Waals surface area contributed by atoms with Crippen LogP contribution in [0, 0.1) is 6.92 Å². The van der Waals surface area contributed by atoms with E-state index in [2.05, 4.69) is 15.5 Å². The number of rotatable bonds is 8. The molecule has 7 nitrogen and oxygen atoms in total. The predicted molar refractivity (Wildman–Crippen MR) is 98.2 cm³/mol. The maximum absolute atomic E-state index is 12.1. The molecule has 136 valence electrons. The number of halogens is 1. The van der Waals surface area contributed by atoms with Gasteiger partial charge in [0.15, 0.2) is 6.73 Å². The molecule has 2 heterocycles. The number of nitrogens with one attached hydrogen (secondary N) is 1. The van der Waals surface area contributed by atoms with Gasteiger partial charge in [-0.2, -0.15) is 10.2 Å². The minimum Gasteiger partial charge on any atom is -0.471 e. The highest BCUT2D eigenvalue weighted by atomic mass is 35.5. The fourth-order valence-corrected chi connectivity index (χ4v) is 2.49. The topological polar surface area (TPSA) is 74.0 Å². The molecule has 0 atom stereocenters. The van der Waals surface area contributed by atoms with E-state index in [9.17, 15) is 4.79 Å². The Balaban J connectivity index is 1.44. The fraction of sp³-hybridized carbons (Fsp3) is 0.278. The van der Waals surface area contributed by atoms with E-state index in [0.717, 1.165) is 18.5 Å². The molecule has 2 aromatic heterocycles. The molecule has 0 saturated heterocycles. The summed E-state index contributed by atoms with van der Waals surface area (Å²) in [6.07, 6.45) is 6.14. The standard InChI is InChI=1S/C18H20ClN5O2/c1-14-12-15(4-5-16(14)19)26-13-24-11-6-17(22-24)18(25)20-7-2-9-23-10-3-8-21-23/h3-6,8,10-12H,2,7,9,13H2,1H3,(H,20,25). The molecule has 3 aromatic rings. The van der Waals surface area contributed by atoms with Crippen molar-refractivity contribution >= 4 is 17.5 Å². The van der Waals surface area contributed by atoms with Gasteiger partial charge in [-0.3, -0.25) is 9.48 Å². The lowest BCUT2D eigenvalue weighted by molar-refractivity contribution is 0.0945. The van der Waals surface area contributed by atoms with Gasteiger partial charge in [0.25, 0.3) is 5.91 Å². The van der Waals surface area contributed by atoms with Gasteiger partial charge in [-0.1, -0.05) is 11.6 Å². The average molecular weight is 374 g/mol. The first-order valence-electron chi connectivity index (χ1n) is 8.30. The van der Waals surface area contributed by atoms with Gasteiger partial charge in [0.05, 0.1) is 0 Å². The third kappa shape index (κ3) is 4.86. The van der Waals surface area contributed by atoms with Crippen LogP contribution in [0.2, 0.25) is 5.02 Å². The van der Waals surface area contributed by atoms with Crippen molar-refractivity contribution in [2.75, 3.05) is 6.54 Å². The number of benzene rings is 1. The summed E-state index contributed by atoms with van der Waals surface area (Å²) >= 11 is 5.99. The zero-order valence-corrected chi connectivity index (χ0v) is 15.2. The minimum atomic E-state index is -0.202. The van der Waals surface area contributed by atoms with Gasteiger partial charge in [-0.15, -0.1) is 0 Å². The molecule has 0 spiro atoms. The van der Waals surface area contributed by atoms with Crippen molar-refractivity contribution in [3.63, 3.8) is 0 Å². The predicted octanol–water partition coefficient (Wildman–Crippen LogP) is 2.90. The summed E-state index contributed by atoms with van der Waals surface area (Å²) in [5.41, 5.74) is 1.31. The number of carbonyl (C=O) groups is 1. The molecule has 0 aliphatic carbocycles. The number of aryl methyl sites for hydroxylation is 2. The molecule has 1 aromatic carbocycles. The maximum atomic E-state index is 12.1. The van der Waals surface area contributed by atoms with E-state index in [1.165, 1.54) is 0 Å². The van der Waals surface area contributed by atoms with Crippen LogP contribution in [0.25, 0.3) is 0 Å². The van der Waals surface area contributed by atoms with Crippen LogP contribution in [0.1, 0.15) is 22.5 Å². The van der Waals surface area contributed by atoms with Crippen LogP contribution in [-0.2, 0) is 13.3 Å². The van der Waals surface area contributed by atoms with E-state index < -0.39 is 0 Å². The smallest absolute Gasteiger partial charge is 0.271 e. The van der Waals surface area contributed by atoms with Crippen LogP contribution >= 0.6 is 11.6 Å². The molecule has 26 heavy (non-hydrogen) atoms. The molecule has 1 amide bonds. The van der Waals surface area contributed by atoms with Gasteiger partial charge in [0.2, 0.25) is 0 Å². The highest BCUT2D eigenvalue weighted by molar-refractivity contribution is 6.31. The second-order valence-corrected chi connectivity index (χ2v) is 6.21. The van der Waals surface area contributed by atoms with E-state index in [0.29, 0.717) is 23.0 Å². The van der Waals surface area contributed by atoms with Crippen LogP contribution in [0.3, 0.4) is 0 Å². The Kier molecular flexibility index (Phi) is 5.91. The number of ether oxygens (including phenoxy) is 1. The lowest BCUT2D eigenvalue weighted by Crippen LogP contribution is -2.26. The first-order valence-corrected chi connectivity index (χ1v) is 8.67. The first kappa shape index (κ1) is 18.0. The van der Waals surface area contributed by atoms with Gasteiger partial charge in [0.1, 0.15) is 11.4 Å². The van der Waals surface area contributed by atoms with Gasteiger partial charge in [-0.25, -0.2) is 4.68 Å². The molecule has 0 saturated carbocycles. The summed E-state index contributed by atoms with van der Waals surface area (Å²) in [6.45, 7) is 3.45. The Hall–Kier alpha value is -2.80. The summed E-state index contributed by atoms with van der Waals surface area (Å²) in [5.74, 6) is 0.499. The van der Waals surface area contributed by atoms with Gasteiger partial charge < -0.3 is 10.1 Å². The zero-order valence-electron chi connectivity index (χ0n) is 14.4. The summed E-state index contributed by atoms with van der Waals surface area (Å²) in [6, 6.07) is 8.99. The fourth-order valence-electron chi connectivity index (χ4n) is 2.37. The van der Waals surface area contributed by atoms with Crippen molar-refractivity contribution in [2.24, 2.45) is 0 Å². The van der Waals surface area contributed by atoms with Crippen molar-refractivity contribution in [3.05, 3.63) is 65.2 Å². The summed E-state index contributed by atoms with van der Waals surface area (Å²) in [5, 5.41) is 11.9. The lowest BCUT2D eigenvalue weighted by atomic mass is 10.2. The quantitative estimate of drug-likeness (QED) is 0.616. The Morgan fingerprint density at radius 1 is 1.27 bits per heavy atom. The molecule has 0 bridgehead atoms. The third-order valence-corrected chi connectivity index (χ3v) is 4.20. The van der Waals surface area contributed by atoms with Crippen LogP contribution in [-0.4, -0.2) is 32.0 Å². The van der Waals surface area contributed by atoms with Crippen LogP contribution in [0.15, 0.2) is 48.9 Å². The molecule has 0 aliphatic heterocycles. The second kappa shape index (κ2) is 8.53. The largest absolute Gasteiger partial charge is 0.471 e. The van der Waals surface area contributed by atoms with Crippen molar-refractivity contribution in [1.29, 1.82) is 0 Å². The van der Waals surface area contributed by atoms with Crippen LogP contribution in [0.4, 0.5) is 0 Å². The number of aromatic nitrogens is 4. The molecule has 1 N–H and O–H groups in total. The number of hydrogen-bond donors (Lipinski definition) is 1. The third-order valence-electron chi connectivity index (χ3n) is 3.77. The van der Waals surface area contributed by atoms with Crippen molar-refractivity contribution in [2.45, 2.75) is 26.6 Å². The summed E-state index contributed by atoms with van der Waals surface area (Å²) < 4.78 is 9.06. The number of amides is 1. The van der Waals surface area contributed by atoms with E-state index in [1.54, 1.807) is 35.3 Å². The van der Waals surface area contributed by atoms with Crippen molar-refractivity contribution < 1.29 is 9.53 Å². The van der Waals surface area contributed by atoms with E-state index >= 15 is 0 Å². The SMILES string of the molecule is Cc1cc(OCn2ccc(C(=O)NCCCn3cccn3)n2)ccc1Cl. The first-order chi connectivity index (χ1) is 12.6. The second-order valence-electron chi connectivity index (χ2n) is 5.80. The number of nitrogens with zero attached hydrogens (tertiary/aromatic N) is 4. The Morgan fingerprint density at radius 2 is 2.15 bits per heavy atom. The Labute approximate surface area is 156 Å². The minimum absolute atomic E-state index is 0.202. The number of hydrogen-bond acceptors (Lipinski definition) is 4.